The molecule has 0 spiro atoms. The minimum atomic E-state index is -3.73. The molecule has 2 aromatic carbocycles. The van der Waals surface area contributed by atoms with Crippen molar-refractivity contribution in [3.05, 3.63) is 53.6 Å². The van der Waals surface area contributed by atoms with Crippen LogP contribution in [-0.4, -0.2) is 8.42 Å². The summed E-state index contributed by atoms with van der Waals surface area (Å²) in [6.07, 6.45) is 0. The molecule has 21 heavy (non-hydrogen) atoms. The second-order valence-corrected chi connectivity index (χ2v) is 8.68. The molecule has 0 fully saturated rings. The molecule has 0 bridgehead atoms. The van der Waals surface area contributed by atoms with Crippen molar-refractivity contribution in [2.75, 3.05) is 0 Å². The highest BCUT2D eigenvalue weighted by molar-refractivity contribution is 14.2. The number of hydrogen-bond donors (Lipinski definition) is 0. The van der Waals surface area contributed by atoms with E-state index >= 15 is 0 Å². The summed E-state index contributed by atoms with van der Waals surface area (Å²) < 4.78 is 55.2. The number of hydrogen-bond acceptors (Lipinski definition) is 4. The number of halogens is 3. The van der Waals surface area contributed by atoms with E-state index in [4.69, 9.17) is 10.00 Å². The van der Waals surface area contributed by atoms with E-state index in [1.54, 1.807) is 6.07 Å². The number of nitriles is 1. The van der Waals surface area contributed by atoms with E-state index in [9.17, 15) is 17.2 Å². The van der Waals surface area contributed by atoms with Gasteiger partial charge in [-0.15, -0.1) is 0 Å². The molecule has 0 amide bonds. The van der Waals surface area contributed by atoms with Crippen molar-refractivity contribution >= 4 is 28.2 Å². The van der Waals surface area contributed by atoms with E-state index < -0.39 is 24.4 Å². The highest BCUT2D eigenvalue weighted by atomic mass is 127. The zero-order chi connectivity index (χ0) is 15.6. The molecule has 0 aliphatic carbocycles. The molecule has 0 N–H and O–H groups in total. The highest BCUT2D eigenvalue weighted by Gasteiger charge is 2.19. The first-order valence-electron chi connectivity index (χ1n) is 5.43. The second kappa shape index (κ2) is 5.95. The summed E-state index contributed by atoms with van der Waals surface area (Å²) in [5.74, 6) is -2.19. The smallest absolute Gasteiger partial charge is 0.234 e. The van der Waals surface area contributed by atoms with Crippen LogP contribution >= 0.6 is 21.2 Å². The first kappa shape index (κ1) is 15.7. The van der Waals surface area contributed by atoms with Gasteiger partial charge in [0.2, 0.25) is 7.01 Å². The fourth-order valence-electron chi connectivity index (χ4n) is 1.53. The molecule has 0 heterocycles. The lowest BCUT2D eigenvalue weighted by molar-refractivity contribution is 0.427. The van der Waals surface area contributed by atoms with E-state index in [0.29, 0.717) is 0 Å². The molecule has 0 unspecified atom stereocenters. The van der Waals surface area contributed by atoms with Crippen molar-refractivity contribution < 1.29 is 21.9 Å². The van der Waals surface area contributed by atoms with Crippen LogP contribution in [0.15, 0.2) is 41.3 Å². The van der Waals surface area contributed by atoms with Crippen molar-refractivity contribution in [1.29, 1.82) is 5.26 Å². The monoisotopic (exact) mass is 421 g/mol. The summed E-state index contributed by atoms with van der Waals surface area (Å²) in [6.45, 7) is 0. The van der Waals surface area contributed by atoms with Crippen LogP contribution in [0.5, 0.6) is 11.5 Å². The number of rotatable bonds is 3. The molecule has 0 saturated heterocycles. The summed E-state index contributed by atoms with van der Waals surface area (Å²) in [5.41, 5.74) is 0.109. The summed E-state index contributed by atoms with van der Waals surface area (Å²) in [6, 6.07) is 8.02. The van der Waals surface area contributed by atoms with Gasteiger partial charge in [0.15, 0.2) is 11.6 Å². The van der Waals surface area contributed by atoms with Crippen LogP contribution in [0.3, 0.4) is 0 Å². The van der Waals surface area contributed by atoms with Gasteiger partial charge in [-0.05, 0) is 30.3 Å². The van der Waals surface area contributed by atoms with Crippen LogP contribution < -0.4 is 4.74 Å². The van der Waals surface area contributed by atoms with Crippen molar-refractivity contribution in [3.8, 4) is 17.6 Å². The van der Waals surface area contributed by atoms with Gasteiger partial charge in [0, 0.05) is 6.07 Å². The summed E-state index contributed by atoms with van der Waals surface area (Å²) in [5, 5.41) is 8.79. The predicted molar refractivity (Wildman–Crippen MR) is 78.8 cm³/mol. The fraction of sp³-hybridized carbons (Fsp3) is 0. The van der Waals surface area contributed by atoms with Crippen molar-refractivity contribution in [1.82, 2.24) is 0 Å². The van der Waals surface area contributed by atoms with E-state index in [2.05, 4.69) is 0 Å². The first-order valence-corrected chi connectivity index (χ1v) is 9.45. The van der Waals surface area contributed by atoms with Crippen molar-refractivity contribution in [2.45, 2.75) is 4.90 Å². The molecule has 2 rings (SSSR count). The molecule has 8 heteroatoms. The number of benzene rings is 2. The lowest BCUT2D eigenvalue weighted by Gasteiger charge is -2.10. The predicted octanol–water partition coefficient (Wildman–Crippen LogP) is 3.75. The standard InChI is InChI=1S/C13H6F2INO3S/c14-9-2-3-10(15)12(6-9)20-11-4-1-8(7-17)5-13(11)21(16,18)19/h1-6H. The van der Waals surface area contributed by atoms with Gasteiger partial charge in [0.25, 0.3) is 0 Å². The molecule has 0 radical (unpaired) electrons. The fourth-order valence-corrected chi connectivity index (χ4v) is 3.18. The molecule has 0 aliphatic rings. The Bertz CT molecular complexity index is 847. The molecule has 0 aliphatic heterocycles. The topological polar surface area (TPSA) is 67.2 Å². The SMILES string of the molecule is N#Cc1ccc(Oc2cc(F)ccc2F)c(S(=O)(=O)I)c1. The Morgan fingerprint density at radius 1 is 1.10 bits per heavy atom. The van der Waals surface area contributed by atoms with Crippen LogP contribution in [0.2, 0.25) is 0 Å². The first-order chi connectivity index (χ1) is 9.81. The van der Waals surface area contributed by atoms with E-state index in [-0.39, 0.29) is 16.2 Å². The van der Waals surface area contributed by atoms with Gasteiger partial charge in [0.05, 0.1) is 32.8 Å². The summed E-state index contributed by atoms with van der Waals surface area (Å²) >= 11 is 1.17. The lowest BCUT2D eigenvalue weighted by atomic mass is 10.2. The maximum atomic E-state index is 13.5. The Hall–Kier alpha value is -1.73. The minimum absolute atomic E-state index is 0.109. The van der Waals surface area contributed by atoms with Gasteiger partial charge in [-0.2, -0.15) is 5.26 Å². The van der Waals surface area contributed by atoms with E-state index in [1.807, 2.05) is 0 Å². The zero-order valence-electron chi connectivity index (χ0n) is 10.2. The maximum absolute atomic E-state index is 13.5. The Balaban J connectivity index is 2.55. The van der Waals surface area contributed by atoms with Crippen LogP contribution in [-0.2, 0) is 7.01 Å². The second-order valence-electron chi connectivity index (χ2n) is 3.89. The van der Waals surface area contributed by atoms with Gasteiger partial charge < -0.3 is 4.74 Å². The average molecular weight is 421 g/mol. The molecule has 0 atom stereocenters. The normalized spacial score (nSPS) is 11.0. The van der Waals surface area contributed by atoms with Crippen LogP contribution in [0.1, 0.15) is 5.56 Å². The number of nitrogens with zero attached hydrogens (tertiary/aromatic N) is 1. The zero-order valence-corrected chi connectivity index (χ0v) is 13.2. The molecule has 0 aromatic heterocycles. The third-order valence-corrected chi connectivity index (χ3v) is 4.72. The van der Waals surface area contributed by atoms with Crippen molar-refractivity contribution in [3.63, 3.8) is 0 Å². The van der Waals surface area contributed by atoms with Gasteiger partial charge in [-0.1, -0.05) is 0 Å². The van der Waals surface area contributed by atoms with Crippen LogP contribution in [0.4, 0.5) is 8.78 Å². The van der Waals surface area contributed by atoms with Crippen LogP contribution in [0, 0.1) is 23.0 Å². The minimum Gasteiger partial charge on any atom is -0.453 e. The molecular formula is C13H6F2INO3S. The Morgan fingerprint density at radius 3 is 2.43 bits per heavy atom. The Kier molecular flexibility index (Phi) is 4.43. The summed E-state index contributed by atoms with van der Waals surface area (Å²) in [7, 11) is -3.73. The molecule has 2 aromatic rings. The molecular weight excluding hydrogens is 415 g/mol. The summed E-state index contributed by atoms with van der Waals surface area (Å²) in [4.78, 5) is -0.286. The van der Waals surface area contributed by atoms with Crippen LogP contribution in [0.25, 0.3) is 0 Å². The number of ether oxygens (including phenoxy) is 1. The van der Waals surface area contributed by atoms with E-state index in [1.165, 1.54) is 33.3 Å². The van der Waals surface area contributed by atoms with Gasteiger partial charge in [0.1, 0.15) is 16.5 Å². The average Bonchev–Trinajstić information content (AvgIpc) is 2.42. The highest BCUT2D eigenvalue weighted by Crippen LogP contribution is 2.34. The molecule has 108 valence electrons. The Labute approximate surface area is 131 Å². The van der Waals surface area contributed by atoms with Gasteiger partial charge in [-0.25, -0.2) is 17.2 Å². The third kappa shape index (κ3) is 3.68. The largest absolute Gasteiger partial charge is 0.453 e. The quantitative estimate of drug-likeness (QED) is 0.560. The van der Waals surface area contributed by atoms with E-state index in [0.717, 1.165) is 24.3 Å². The molecule has 4 nitrogen and oxygen atoms in total. The maximum Gasteiger partial charge on any atom is 0.234 e. The Morgan fingerprint density at radius 2 is 1.81 bits per heavy atom. The third-order valence-electron chi connectivity index (χ3n) is 2.45. The lowest BCUT2D eigenvalue weighted by Crippen LogP contribution is -1.98. The van der Waals surface area contributed by atoms with Gasteiger partial charge in [-0.3, -0.25) is 0 Å². The van der Waals surface area contributed by atoms with Gasteiger partial charge >= 0.3 is 0 Å². The molecule has 0 saturated carbocycles. The van der Waals surface area contributed by atoms with Crippen molar-refractivity contribution in [2.24, 2.45) is 0 Å².